The number of hydrogen-bond donors (Lipinski definition) is 2. The number of pyridine rings is 1. The van der Waals surface area contributed by atoms with Crippen LogP contribution in [0.4, 0.5) is 0 Å². The van der Waals surface area contributed by atoms with Gasteiger partial charge in [-0.3, -0.25) is 9.59 Å². The van der Waals surface area contributed by atoms with E-state index in [2.05, 4.69) is 12.2 Å². The molecule has 30 heavy (non-hydrogen) atoms. The molecular formula is C23H28N2O5. The highest BCUT2D eigenvalue weighted by molar-refractivity contribution is 5.97. The molecule has 1 amide bonds. The summed E-state index contributed by atoms with van der Waals surface area (Å²) in [6.07, 6.45) is 5.54. The van der Waals surface area contributed by atoms with Crippen molar-refractivity contribution < 1.29 is 19.4 Å². The van der Waals surface area contributed by atoms with Crippen LogP contribution < -0.4 is 10.9 Å². The highest BCUT2D eigenvalue weighted by atomic mass is 16.5. The van der Waals surface area contributed by atoms with E-state index in [-0.39, 0.29) is 16.9 Å². The molecule has 0 saturated heterocycles. The average molecular weight is 412 g/mol. The van der Waals surface area contributed by atoms with Crippen LogP contribution in [0.25, 0.3) is 0 Å². The third-order valence-electron chi connectivity index (χ3n) is 5.52. The molecule has 0 aliphatic heterocycles. The molecule has 0 spiro atoms. The van der Waals surface area contributed by atoms with Gasteiger partial charge in [0, 0.05) is 12.2 Å². The Morgan fingerprint density at radius 3 is 2.57 bits per heavy atom. The number of esters is 1. The minimum Gasteiger partial charge on any atom is -0.508 e. The first-order valence-electron chi connectivity index (χ1n) is 10.4. The molecule has 0 unspecified atom stereocenters. The van der Waals surface area contributed by atoms with Gasteiger partial charge in [-0.25, -0.2) is 4.79 Å². The van der Waals surface area contributed by atoms with Crippen molar-refractivity contribution in [3.63, 3.8) is 0 Å². The molecule has 0 radical (unpaired) electrons. The third kappa shape index (κ3) is 4.56. The van der Waals surface area contributed by atoms with E-state index in [9.17, 15) is 19.5 Å². The number of carbonyl (C=O) groups is 2. The van der Waals surface area contributed by atoms with Gasteiger partial charge in [-0.05, 0) is 61.4 Å². The standard InChI is InChI=1S/C23H28N2O5/c1-3-4-13-25-19-8-6-5-7-16(19)14-18(22(25)28)21(27)24-20(23(29)30-2)15-9-11-17(26)12-10-15/h9-12,14,20,26H,3-8,13H2,1-2H3,(H,24,27)/t20-/m1/s1. The Balaban J connectivity index is 1.97. The van der Waals surface area contributed by atoms with Gasteiger partial charge in [-0.2, -0.15) is 0 Å². The van der Waals surface area contributed by atoms with Crippen LogP contribution in [0, 0.1) is 0 Å². The Morgan fingerprint density at radius 2 is 1.90 bits per heavy atom. The summed E-state index contributed by atoms with van der Waals surface area (Å²) in [6.45, 7) is 2.64. The van der Waals surface area contributed by atoms with Gasteiger partial charge in [0.2, 0.25) is 0 Å². The predicted molar refractivity (Wildman–Crippen MR) is 113 cm³/mol. The second-order valence-corrected chi connectivity index (χ2v) is 7.57. The number of fused-ring (bicyclic) bond motifs is 1. The molecule has 1 aromatic carbocycles. The number of unbranched alkanes of at least 4 members (excludes halogenated alkanes) is 1. The zero-order valence-electron chi connectivity index (χ0n) is 17.4. The van der Waals surface area contributed by atoms with Gasteiger partial charge in [-0.1, -0.05) is 25.5 Å². The first kappa shape index (κ1) is 21.6. The molecule has 160 valence electrons. The van der Waals surface area contributed by atoms with Crippen molar-refractivity contribution in [2.24, 2.45) is 0 Å². The van der Waals surface area contributed by atoms with Crippen molar-refractivity contribution in [3.8, 4) is 5.75 Å². The lowest BCUT2D eigenvalue weighted by molar-refractivity contribution is -0.143. The molecule has 0 fully saturated rings. The number of methoxy groups -OCH3 is 1. The summed E-state index contributed by atoms with van der Waals surface area (Å²) in [5.41, 5.74) is 2.23. The monoisotopic (exact) mass is 412 g/mol. The van der Waals surface area contributed by atoms with Crippen molar-refractivity contribution in [1.29, 1.82) is 0 Å². The minimum absolute atomic E-state index is 0.0411. The highest BCUT2D eigenvalue weighted by Gasteiger charge is 2.27. The molecule has 1 aromatic heterocycles. The second kappa shape index (κ2) is 9.61. The Bertz CT molecular complexity index is 978. The molecule has 3 rings (SSSR count). The van der Waals surface area contributed by atoms with E-state index < -0.39 is 17.9 Å². The van der Waals surface area contributed by atoms with Crippen LogP contribution in [0.5, 0.6) is 5.75 Å². The number of phenolic OH excluding ortho intramolecular Hbond substituents is 1. The number of rotatable bonds is 7. The Hall–Kier alpha value is -3.09. The second-order valence-electron chi connectivity index (χ2n) is 7.57. The Morgan fingerprint density at radius 1 is 1.20 bits per heavy atom. The number of nitrogens with one attached hydrogen (secondary N) is 1. The fraction of sp³-hybridized carbons (Fsp3) is 0.435. The summed E-state index contributed by atoms with van der Waals surface area (Å²) in [5.74, 6) is -1.22. The van der Waals surface area contributed by atoms with Crippen molar-refractivity contribution >= 4 is 11.9 Å². The summed E-state index contributed by atoms with van der Waals surface area (Å²) >= 11 is 0. The van der Waals surface area contributed by atoms with Crippen LogP contribution in [0.1, 0.15) is 65.8 Å². The molecule has 1 aliphatic rings. The topological polar surface area (TPSA) is 97.6 Å². The smallest absolute Gasteiger partial charge is 0.333 e. The largest absolute Gasteiger partial charge is 0.508 e. The maximum absolute atomic E-state index is 13.1. The Kier molecular flexibility index (Phi) is 6.92. The van der Waals surface area contributed by atoms with E-state index in [0.29, 0.717) is 12.1 Å². The first-order chi connectivity index (χ1) is 14.5. The summed E-state index contributed by atoms with van der Waals surface area (Å²) < 4.78 is 6.57. The molecule has 0 bridgehead atoms. The van der Waals surface area contributed by atoms with Crippen LogP contribution in [0.3, 0.4) is 0 Å². The molecule has 7 nitrogen and oxygen atoms in total. The van der Waals surface area contributed by atoms with Crippen LogP contribution in [-0.2, 0) is 28.9 Å². The highest BCUT2D eigenvalue weighted by Crippen LogP contribution is 2.22. The third-order valence-corrected chi connectivity index (χ3v) is 5.52. The van der Waals surface area contributed by atoms with Gasteiger partial charge in [0.25, 0.3) is 11.5 Å². The normalized spacial score (nSPS) is 13.9. The number of hydrogen-bond acceptors (Lipinski definition) is 5. The molecule has 2 N–H and O–H groups in total. The lowest BCUT2D eigenvalue weighted by Gasteiger charge is -2.23. The van der Waals surface area contributed by atoms with Gasteiger partial charge in [0.05, 0.1) is 7.11 Å². The number of amides is 1. The number of aromatic nitrogens is 1. The zero-order valence-corrected chi connectivity index (χ0v) is 17.4. The average Bonchev–Trinajstić information content (AvgIpc) is 2.76. The first-order valence-corrected chi connectivity index (χ1v) is 10.4. The number of carbonyl (C=O) groups excluding carboxylic acids is 2. The molecule has 1 atom stereocenters. The number of benzene rings is 1. The fourth-order valence-corrected chi connectivity index (χ4v) is 3.87. The Labute approximate surface area is 175 Å². The van der Waals surface area contributed by atoms with E-state index in [0.717, 1.165) is 49.8 Å². The van der Waals surface area contributed by atoms with E-state index >= 15 is 0 Å². The van der Waals surface area contributed by atoms with E-state index in [4.69, 9.17) is 4.74 Å². The van der Waals surface area contributed by atoms with Gasteiger partial charge < -0.3 is 19.7 Å². The predicted octanol–water partition coefficient (Wildman–Crippen LogP) is 2.88. The van der Waals surface area contributed by atoms with Crippen molar-refractivity contribution in [2.45, 2.75) is 58.0 Å². The molecule has 2 aromatic rings. The van der Waals surface area contributed by atoms with Gasteiger partial charge >= 0.3 is 5.97 Å². The summed E-state index contributed by atoms with van der Waals surface area (Å²) in [5, 5.41) is 12.1. The summed E-state index contributed by atoms with van der Waals surface area (Å²) in [4.78, 5) is 38.5. The number of nitrogens with zero attached hydrogens (tertiary/aromatic N) is 1. The lowest BCUT2D eigenvalue weighted by Crippen LogP contribution is -2.39. The number of ether oxygens (including phenoxy) is 1. The molecule has 0 saturated carbocycles. The van der Waals surface area contributed by atoms with E-state index in [1.54, 1.807) is 10.6 Å². The SMILES string of the molecule is CCCCn1c2c(cc(C(=O)N[C@@H](C(=O)OC)c3ccc(O)cc3)c1=O)CCCC2. The van der Waals surface area contributed by atoms with Gasteiger partial charge in [-0.15, -0.1) is 0 Å². The maximum atomic E-state index is 13.1. The minimum atomic E-state index is -1.08. The maximum Gasteiger partial charge on any atom is 0.333 e. The van der Waals surface area contributed by atoms with Crippen molar-refractivity contribution in [2.75, 3.05) is 7.11 Å². The van der Waals surface area contributed by atoms with Crippen LogP contribution in [0.2, 0.25) is 0 Å². The lowest BCUT2D eigenvalue weighted by atomic mass is 9.94. The summed E-state index contributed by atoms with van der Waals surface area (Å²) in [7, 11) is 1.23. The van der Waals surface area contributed by atoms with Crippen LogP contribution >= 0.6 is 0 Å². The van der Waals surface area contributed by atoms with E-state index in [1.165, 1.54) is 31.4 Å². The number of aryl methyl sites for hydroxylation is 1. The van der Waals surface area contributed by atoms with Crippen molar-refractivity contribution in [3.05, 3.63) is 63.1 Å². The molecule has 1 heterocycles. The van der Waals surface area contributed by atoms with Crippen LogP contribution in [-0.4, -0.2) is 28.7 Å². The molecular weight excluding hydrogens is 384 g/mol. The van der Waals surface area contributed by atoms with Gasteiger partial charge in [0.15, 0.2) is 6.04 Å². The fourth-order valence-electron chi connectivity index (χ4n) is 3.87. The van der Waals surface area contributed by atoms with E-state index in [1.807, 2.05) is 0 Å². The molecule has 7 heteroatoms. The zero-order chi connectivity index (χ0) is 21.7. The number of aromatic hydroxyl groups is 1. The quantitative estimate of drug-likeness (QED) is 0.682. The van der Waals surface area contributed by atoms with Gasteiger partial charge in [0.1, 0.15) is 11.3 Å². The molecule has 1 aliphatic carbocycles. The summed E-state index contributed by atoms with van der Waals surface area (Å²) in [6, 6.07) is 6.51. The van der Waals surface area contributed by atoms with Crippen molar-refractivity contribution in [1.82, 2.24) is 9.88 Å². The van der Waals surface area contributed by atoms with Crippen LogP contribution in [0.15, 0.2) is 35.1 Å². The number of phenols is 1.